The number of amides is 1. The molecule has 1 rings (SSSR count). The van der Waals surface area contributed by atoms with Crippen molar-refractivity contribution in [3.63, 3.8) is 0 Å². The Morgan fingerprint density at radius 1 is 1.77 bits per heavy atom. The zero-order valence-electron chi connectivity index (χ0n) is 7.33. The molecule has 0 atom stereocenters. The van der Waals surface area contributed by atoms with E-state index in [4.69, 9.17) is 0 Å². The lowest BCUT2D eigenvalue weighted by Crippen LogP contribution is -2.27. The van der Waals surface area contributed by atoms with Crippen LogP contribution in [0.25, 0.3) is 0 Å². The molecular formula is C7H11BrN4O. The average molecular weight is 247 g/mol. The summed E-state index contributed by atoms with van der Waals surface area (Å²) in [5, 5.41) is 10.7. The van der Waals surface area contributed by atoms with E-state index in [1.165, 1.54) is 0 Å². The summed E-state index contributed by atoms with van der Waals surface area (Å²) in [4.78, 5) is 10.8. The monoisotopic (exact) mass is 246 g/mol. The van der Waals surface area contributed by atoms with Gasteiger partial charge >= 0.3 is 0 Å². The van der Waals surface area contributed by atoms with E-state index in [9.17, 15) is 4.79 Å². The van der Waals surface area contributed by atoms with Gasteiger partial charge in [-0.3, -0.25) is 4.79 Å². The second-order valence-corrected chi connectivity index (χ2v) is 3.15. The molecule has 1 aromatic heterocycles. The highest BCUT2D eigenvalue weighted by Gasteiger charge is 2.01. The third-order valence-electron chi connectivity index (χ3n) is 1.60. The molecule has 0 radical (unpaired) electrons. The van der Waals surface area contributed by atoms with Gasteiger partial charge in [0.25, 0.3) is 0 Å². The Morgan fingerprint density at radius 2 is 2.54 bits per heavy atom. The van der Waals surface area contributed by atoms with E-state index >= 15 is 0 Å². The van der Waals surface area contributed by atoms with Gasteiger partial charge in [0.15, 0.2) is 0 Å². The molecule has 6 heteroatoms. The van der Waals surface area contributed by atoms with Crippen LogP contribution in [-0.2, 0) is 18.3 Å². The summed E-state index contributed by atoms with van der Waals surface area (Å²) < 4.78 is 1.83. The first-order valence-corrected chi connectivity index (χ1v) is 5.01. The van der Waals surface area contributed by atoms with Crippen LogP contribution in [0.15, 0.2) is 6.33 Å². The van der Waals surface area contributed by atoms with Gasteiger partial charge in [-0.1, -0.05) is 15.9 Å². The Hall–Kier alpha value is -0.910. The van der Waals surface area contributed by atoms with Gasteiger partial charge in [-0.2, -0.15) is 0 Å². The number of hydrogen-bond acceptors (Lipinski definition) is 3. The standard InChI is InChI=1S/C7H11BrN4O/c1-12-5-10-11-6(12)2-3-9-7(13)4-8/h5H,2-4H2,1H3,(H,9,13). The number of rotatable bonds is 4. The minimum Gasteiger partial charge on any atom is -0.355 e. The Bertz CT molecular complexity index is 286. The van der Waals surface area contributed by atoms with Crippen LogP contribution in [0.5, 0.6) is 0 Å². The smallest absolute Gasteiger partial charge is 0.230 e. The van der Waals surface area contributed by atoms with Crippen LogP contribution in [0.3, 0.4) is 0 Å². The molecule has 72 valence electrons. The lowest BCUT2D eigenvalue weighted by atomic mass is 10.4. The first-order chi connectivity index (χ1) is 6.24. The van der Waals surface area contributed by atoms with Crippen LogP contribution >= 0.6 is 15.9 Å². The normalized spacial score (nSPS) is 10.0. The van der Waals surface area contributed by atoms with Crippen molar-refractivity contribution in [2.24, 2.45) is 7.05 Å². The van der Waals surface area contributed by atoms with E-state index in [-0.39, 0.29) is 5.91 Å². The van der Waals surface area contributed by atoms with E-state index in [1.54, 1.807) is 6.33 Å². The lowest BCUT2D eigenvalue weighted by molar-refractivity contribution is -0.118. The largest absolute Gasteiger partial charge is 0.355 e. The molecule has 0 saturated carbocycles. The molecule has 5 nitrogen and oxygen atoms in total. The summed E-state index contributed by atoms with van der Waals surface area (Å²) in [7, 11) is 1.88. The second-order valence-electron chi connectivity index (χ2n) is 2.59. The van der Waals surface area contributed by atoms with Gasteiger partial charge in [-0.15, -0.1) is 10.2 Å². The van der Waals surface area contributed by atoms with Crippen molar-refractivity contribution in [3.8, 4) is 0 Å². The summed E-state index contributed by atoms with van der Waals surface area (Å²) in [6.45, 7) is 0.594. The van der Waals surface area contributed by atoms with Gasteiger partial charge in [-0.05, 0) is 0 Å². The van der Waals surface area contributed by atoms with Crippen molar-refractivity contribution >= 4 is 21.8 Å². The molecule has 0 aliphatic heterocycles. The molecule has 0 fully saturated rings. The van der Waals surface area contributed by atoms with Crippen molar-refractivity contribution in [3.05, 3.63) is 12.2 Å². The fourth-order valence-corrected chi connectivity index (χ4v) is 1.09. The zero-order valence-corrected chi connectivity index (χ0v) is 8.91. The van der Waals surface area contributed by atoms with Crippen molar-refractivity contribution < 1.29 is 4.79 Å². The van der Waals surface area contributed by atoms with Crippen molar-refractivity contribution in [2.45, 2.75) is 6.42 Å². The first kappa shape index (κ1) is 10.2. The molecular weight excluding hydrogens is 236 g/mol. The zero-order chi connectivity index (χ0) is 9.68. The lowest BCUT2D eigenvalue weighted by Gasteiger charge is -2.01. The van der Waals surface area contributed by atoms with Crippen molar-refractivity contribution in [1.29, 1.82) is 0 Å². The number of aromatic nitrogens is 3. The topological polar surface area (TPSA) is 59.8 Å². The third-order valence-corrected chi connectivity index (χ3v) is 2.11. The van der Waals surface area contributed by atoms with Gasteiger partial charge in [0.05, 0.1) is 5.33 Å². The van der Waals surface area contributed by atoms with Crippen LogP contribution in [0.1, 0.15) is 5.82 Å². The fourth-order valence-electron chi connectivity index (χ4n) is 0.894. The molecule has 0 unspecified atom stereocenters. The highest BCUT2D eigenvalue weighted by Crippen LogP contribution is 1.91. The van der Waals surface area contributed by atoms with E-state index in [0.29, 0.717) is 18.3 Å². The number of carbonyl (C=O) groups is 1. The quantitative estimate of drug-likeness (QED) is 0.754. The molecule has 0 saturated heterocycles. The van der Waals surface area contributed by atoms with E-state index < -0.39 is 0 Å². The minimum absolute atomic E-state index is 0.0119. The Labute approximate surface area is 84.7 Å². The first-order valence-electron chi connectivity index (χ1n) is 3.89. The Kier molecular flexibility index (Phi) is 3.88. The molecule has 1 N–H and O–H groups in total. The van der Waals surface area contributed by atoms with Gasteiger partial charge in [0.1, 0.15) is 12.2 Å². The predicted octanol–water partition coefficient (Wildman–Crippen LogP) is -0.131. The molecule has 1 heterocycles. The predicted molar refractivity (Wildman–Crippen MR) is 51.5 cm³/mol. The molecule has 0 bridgehead atoms. The molecule has 0 spiro atoms. The fraction of sp³-hybridized carbons (Fsp3) is 0.571. The SMILES string of the molecule is Cn1cnnc1CCNC(=O)CBr. The number of alkyl halides is 1. The summed E-state index contributed by atoms with van der Waals surface area (Å²) in [5.74, 6) is 0.858. The number of halogens is 1. The third kappa shape index (κ3) is 3.14. The maximum Gasteiger partial charge on any atom is 0.230 e. The number of nitrogens with zero attached hydrogens (tertiary/aromatic N) is 3. The van der Waals surface area contributed by atoms with Gasteiger partial charge in [0.2, 0.25) is 5.91 Å². The van der Waals surface area contributed by atoms with Crippen molar-refractivity contribution in [2.75, 3.05) is 11.9 Å². The van der Waals surface area contributed by atoms with E-state index in [1.807, 2.05) is 11.6 Å². The highest BCUT2D eigenvalue weighted by atomic mass is 79.9. The molecule has 1 aromatic rings. The van der Waals surface area contributed by atoms with Crippen LogP contribution in [0.2, 0.25) is 0 Å². The number of aryl methyl sites for hydroxylation is 1. The van der Waals surface area contributed by atoms with Gasteiger partial charge in [0, 0.05) is 20.0 Å². The second kappa shape index (κ2) is 4.96. The van der Waals surface area contributed by atoms with Crippen LogP contribution in [0, 0.1) is 0 Å². The van der Waals surface area contributed by atoms with Crippen molar-refractivity contribution in [1.82, 2.24) is 20.1 Å². The molecule has 13 heavy (non-hydrogen) atoms. The van der Waals surface area contributed by atoms with Gasteiger partial charge in [-0.25, -0.2) is 0 Å². The van der Waals surface area contributed by atoms with Crippen LogP contribution in [-0.4, -0.2) is 32.5 Å². The Morgan fingerprint density at radius 3 is 3.08 bits per heavy atom. The van der Waals surface area contributed by atoms with Crippen LogP contribution in [0.4, 0.5) is 0 Å². The van der Waals surface area contributed by atoms with E-state index in [2.05, 4.69) is 31.4 Å². The summed E-state index contributed by atoms with van der Waals surface area (Å²) >= 11 is 3.06. The highest BCUT2D eigenvalue weighted by molar-refractivity contribution is 9.09. The van der Waals surface area contributed by atoms with Crippen LogP contribution < -0.4 is 5.32 Å². The molecule has 1 amide bonds. The average Bonchev–Trinajstić information content (AvgIpc) is 2.52. The summed E-state index contributed by atoms with van der Waals surface area (Å²) in [6, 6.07) is 0. The molecule has 0 aromatic carbocycles. The molecule has 0 aliphatic carbocycles. The number of hydrogen-bond donors (Lipinski definition) is 1. The molecule has 0 aliphatic rings. The number of carbonyl (C=O) groups excluding carboxylic acids is 1. The van der Waals surface area contributed by atoms with E-state index in [0.717, 1.165) is 5.82 Å². The van der Waals surface area contributed by atoms with Gasteiger partial charge < -0.3 is 9.88 Å². The maximum atomic E-state index is 10.8. The maximum absolute atomic E-state index is 10.8. The minimum atomic E-state index is -0.0119. The summed E-state index contributed by atoms with van der Waals surface area (Å²) in [6.07, 6.45) is 2.34. The Balaban J connectivity index is 2.28. The summed E-state index contributed by atoms with van der Waals surface area (Å²) in [5.41, 5.74) is 0. The number of nitrogens with one attached hydrogen (secondary N) is 1.